The fraction of sp³-hybridized carbons (Fsp3) is 0. The van der Waals surface area contributed by atoms with Gasteiger partial charge >= 0.3 is 0 Å². The minimum atomic E-state index is -3.71. The number of hydrogen-bond acceptors (Lipinski definition) is 8. The molecule has 0 bridgehead atoms. The van der Waals surface area contributed by atoms with Crippen LogP contribution in [0.2, 0.25) is 0 Å². The van der Waals surface area contributed by atoms with Gasteiger partial charge in [0.25, 0.3) is 10.0 Å². The van der Waals surface area contributed by atoms with Gasteiger partial charge in [-0.1, -0.05) is 28.1 Å². The number of anilines is 2. The largest absolute Gasteiger partial charge is 0.360 e. The van der Waals surface area contributed by atoms with Gasteiger partial charge in [-0.3, -0.25) is 4.72 Å². The van der Waals surface area contributed by atoms with Crippen molar-refractivity contribution in [1.82, 2.24) is 9.97 Å². The van der Waals surface area contributed by atoms with Crippen LogP contribution in [0.25, 0.3) is 16.8 Å². The molecule has 11 heteroatoms. The highest BCUT2D eigenvalue weighted by atomic mass is 79.9. The van der Waals surface area contributed by atoms with Crippen molar-refractivity contribution in [2.24, 2.45) is 0 Å². The molecular formula is C21H14BrN5O2S3. The summed E-state index contributed by atoms with van der Waals surface area (Å²) in [7, 11) is -3.71. The van der Waals surface area contributed by atoms with Crippen LogP contribution in [0, 0.1) is 11.3 Å². The summed E-state index contributed by atoms with van der Waals surface area (Å²) >= 11 is 5.99. The Labute approximate surface area is 201 Å². The van der Waals surface area contributed by atoms with E-state index in [4.69, 9.17) is 0 Å². The van der Waals surface area contributed by atoms with Gasteiger partial charge in [-0.2, -0.15) is 5.26 Å². The van der Waals surface area contributed by atoms with Crippen molar-refractivity contribution < 1.29 is 8.42 Å². The molecule has 2 N–H and O–H groups in total. The molecule has 4 rings (SSSR count). The zero-order valence-electron chi connectivity index (χ0n) is 16.2. The first-order valence-corrected chi connectivity index (χ1v) is 13.1. The van der Waals surface area contributed by atoms with Gasteiger partial charge in [0.05, 0.1) is 10.6 Å². The first-order valence-electron chi connectivity index (χ1n) is 9.05. The highest BCUT2D eigenvalue weighted by Crippen LogP contribution is 2.27. The van der Waals surface area contributed by atoms with E-state index in [9.17, 15) is 13.7 Å². The number of aromatic nitrogens is 2. The summed E-state index contributed by atoms with van der Waals surface area (Å²) in [6.45, 7) is 0. The summed E-state index contributed by atoms with van der Waals surface area (Å²) < 4.78 is 28.2. The maximum Gasteiger partial charge on any atom is 0.263 e. The van der Waals surface area contributed by atoms with E-state index in [1.165, 1.54) is 41.0 Å². The summed E-state index contributed by atoms with van der Waals surface area (Å²) in [6.07, 6.45) is 3.08. The summed E-state index contributed by atoms with van der Waals surface area (Å²) in [5, 5.41) is 17.1. The first-order chi connectivity index (χ1) is 15.4. The molecular weight excluding hydrogens is 530 g/mol. The molecule has 0 spiro atoms. The molecule has 0 amide bonds. The fourth-order valence-electron chi connectivity index (χ4n) is 2.63. The van der Waals surface area contributed by atoms with E-state index < -0.39 is 10.0 Å². The van der Waals surface area contributed by atoms with Gasteiger partial charge in [-0.05, 0) is 36.4 Å². The molecule has 0 saturated heterocycles. The number of benzene rings is 2. The second kappa shape index (κ2) is 9.62. The van der Waals surface area contributed by atoms with Crippen LogP contribution in [0.15, 0.2) is 81.1 Å². The third-order valence-electron chi connectivity index (χ3n) is 4.20. The molecule has 0 saturated carbocycles. The molecule has 32 heavy (non-hydrogen) atoms. The predicted molar refractivity (Wildman–Crippen MR) is 132 cm³/mol. The van der Waals surface area contributed by atoms with Crippen molar-refractivity contribution in [3.05, 3.63) is 81.2 Å². The number of sulfonamides is 1. The number of nitrogens with one attached hydrogen (secondary N) is 2. The average Bonchev–Trinajstić information content (AvgIpc) is 3.47. The Bertz CT molecular complexity index is 1390. The zero-order chi connectivity index (χ0) is 22.6. The molecule has 2 heterocycles. The molecule has 0 unspecified atom stereocenters. The molecule has 0 aliphatic rings. The number of thiazole rings is 2. The second-order valence-electron chi connectivity index (χ2n) is 6.33. The molecule has 7 nitrogen and oxygen atoms in total. The molecule has 0 radical (unpaired) electrons. The molecule has 0 aliphatic heterocycles. The Balaban J connectivity index is 1.47. The fourth-order valence-corrected chi connectivity index (χ4v) is 5.47. The Morgan fingerprint density at radius 3 is 2.50 bits per heavy atom. The van der Waals surface area contributed by atoms with Crippen LogP contribution in [-0.4, -0.2) is 18.4 Å². The first kappa shape index (κ1) is 22.2. The molecule has 2 aromatic heterocycles. The van der Waals surface area contributed by atoms with Gasteiger partial charge in [0, 0.05) is 38.9 Å². The van der Waals surface area contributed by atoms with Crippen molar-refractivity contribution >= 4 is 65.0 Å². The lowest BCUT2D eigenvalue weighted by Crippen LogP contribution is -2.12. The smallest absolute Gasteiger partial charge is 0.263 e. The van der Waals surface area contributed by atoms with Gasteiger partial charge in [0.15, 0.2) is 5.13 Å². The van der Waals surface area contributed by atoms with Gasteiger partial charge in [-0.25, -0.2) is 18.4 Å². The molecule has 4 aromatic rings. The normalized spacial score (nSPS) is 11.7. The summed E-state index contributed by atoms with van der Waals surface area (Å²) in [4.78, 5) is 8.59. The Hall–Kier alpha value is -3.04. The van der Waals surface area contributed by atoms with Crippen molar-refractivity contribution in [2.75, 3.05) is 10.0 Å². The SMILES string of the molecule is N#C/C(=C\Nc1ccc(S(=O)(=O)Nc2nccs2)cc1)c1nc(-c2ccc(Br)cc2)cs1. The van der Waals surface area contributed by atoms with Crippen molar-refractivity contribution in [3.63, 3.8) is 0 Å². The number of halogens is 1. The minimum Gasteiger partial charge on any atom is -0.360 e. The number of nitrogens with zero attached hydrogens (tertiary/aromatic N) is 3. The third-order valence-corrected chi connectivity index (χ3v) is 7.77. The van der Waals surface area contributed by atoms with Crippen LogP contribution < -0.4 is 10.0 Å². The topological polar surface area (TPSA) is 108 Å². The Morgan fingerprint density at radius 1 is 1.09 bits per heavy atom. The maximum atomic E-state index is 12.4. The van der Waals surface area contributed by atoms with Gasteiger partial charge in [0.2, 0.25) is 0 Å². The van der Waals surface area contributed by atoms with E-state index in [-0.39, 0.29) is 4.90 Å². The number of nitriles is 1. The molecule has 0 aliphatic carbocycles. The quantitative estimate of drug-likeness (QED) is 0.285. The van der Waals surface area contributed by atoms with Crippen molar-refractivity contribution in [2.45, 2.75) is 4.90 Å². The lowest BCUT2D eigenvalue weighted by atomic mass is 10.2. The third kappa shape index (κ3) is 5.23. The van der Waals surface area contributed by atoms with Gasteiger partial charge in [0.1, 0.15) is 16.6 Å². The monoisotopic (exact) mass is 543 g/mol. The van der Waals surface area contributed by atoms with Crippen LogP contribution in [0.3, 0.4) is 0 Å². The second-order valence-corrected chi connectivity index (χ2v) is 10.7. The van der Waals surface area contributed by atoms with E-state index in [2.05, 4.69) is 42.0 Å². The van der Waals surface area contributed by atoms with Crippen molar-refractivity contribution in [3.8, 4) is 17.3 Å². The summed E-state index contributed by atoms with van der Waals surface area (Å²) in [5.41, 5.74) is 2.76. The van der Waals surface area contributed by atoms with Crippen LogP contribution >= 0.6 is 38.6 Å². The van der Waals surface area contributed by atoms with E-state index in [0.29, 0.717) is 21.4 Å². The average molecular weight is 544 g/mol. The number of rotatable bonds is 7. The molecule has 2 aromatic carbocycles. The molecule has 160 valence electrons. The predicted octanol–water partition coefficient (Wildman–Crippen LogP) is 5.81. The van der Waals surface area contributed by atoms with Gasteiger partial charge < -0.3 is 5.32 Å². The zero-order valence-corrected chi connectivity index (χ0v) is 20.2. The highest BCUT2D eigenvalue weighted by Gasteiger charge is 2.15. The lowest BCUT2D eigenvalue weighted by molar-refractivity contribution is 0.601. The Morgan fingerprint density at radius 2 is 1.84 bits per heavy atom. The lowest BCUT2D eigenvalue weighted by Gasteiger charge is -2.06. The van der Waals surface area contributed by atoms with E-state index in [1.54, 1.807) is 23.7 Å². The number of allylic oxidation sites excluding steroid dienone is 1. The van der Waals surface area contributed by atoms with E-state index >= 15 is 0 Å². The van der Waals surface area contributed by atoms with Gasteiger partial charge in [-0.15, -0.1) is 22.7 Å². The van der Waals surface area contributed by atoms with Crippen LogP contribution in [0.1, 0.15) is 5.01 Å². The molecule has 0 atom stereocenters. The number of hydrogen-bond donors (Lipinski definition) is 2. The summed E-state index contributed by atoms with van der Waals surface area (Å²) in [5.74, 6) is 0. The Kier molecular flexibility index (Phi) is 6.66. The highest BCUT2D eigenvalue weighted by molar-refractivity contribution is 9.10. The van der Waals surface area contributed by atoms with E-state index in [0.717, 1.165) is 15.7 Å². The standard InChI is InChI=1S/C21H14BrN5O2S3/c22-16-3-1-14(2-4-16)19-13-31-20(26-19)15(11-23)12-25-17-5-7-18(8-6-17)32(28,29)27-21-24-9-10-30-21/h1-10,12-13,25H,(H,24,27)/b15-12+. The van der Waals surface area contributed by atoms with Crippen LogP contribution in [0.4, 0.5) is 10.8 Å². The maximum absolute atomic E-state index is 12.4. The van der Waals surface area contributed by atoms with Crippen molar-refractivity contribution in [1.29, 1.82) is 5.26 Å². The van der Waals surface area contributed by atoms with Crippen LogP contribution in [-0.2, 0) is 10.0 Å². The minimum absolute atomic E-state index is 0.113. The molecule has 0 fully saturated rings. The van der Waals surface area contributed by atoms with E-state index in [1.807, 2.05) is 29.6 Å². The summed E-state index contributed by atoms with van der Waals surface area (Å²) in [6, 6.07) is 16.1. The van der Waals surface area contributed by atoms with Crippen LogP contribution in [0.5, 0.6) is 0 Å².